The summed E-state index contributed by atoms with van der Waals surface area (Å²) >= 11 is 0. The van der Waals surface area contributed by atoms with Crippen molar-refractivity contribution < 1.29 is 18.8 Å². The highest BCUT2D eigenvalue weighted by molar-refractivity contribution is 5.86. The zero-order valence-electron chi connectivity index (χ0n) is 19.3. The van der Waals surface area contributed by atoms with Gasteiger partial charge in [0, 0.05) is 18.4 Å². The van der Waals surface area contributed by atoms with E-state index in [2.05, 4.69) is 34.5 Å². The minimum atomic E-state index is -0.411. The molecule has 8 heteroatoms. The fourth-order valence-corrected chi connectivity index (χ4v) is 3.90. The molecule has 1 N–H and O–H groups in total. The van der Waals surface area contributed by atoms with E-state index in [1.807, 2.05) is 43.3 Å². The zero-order chi connectivity index (χ0) is 23.4. The third kappa shape index (κ3) is 4.61. The van der Waals surface area contributed by atoms with Crippen LogP contribution in [0.1, 0.15) is 36.9 Å². The summed E-state index contributed by atoms with van der Waals surface area (Å²) in [5.41, 5.74) is 4.51. The quantitative estimate of drug-likeness (QED) is 0.548. The van der Waals surface area contributed by atoms with Crippen LogP contribution < -0.4 is 10.1 Å². The van der Waals surface area contributed by atoms with E-state index in [1.54, 1.807) is 19.1 Å². The van der Waals surface area contributed by atoms with E-state index in [0.717, 1.165) is 34.6 Å². The summed E-state index contributed by atoms with van der Waals surface area (Å²) in [7, 11) is 3.23. The van der Waals surface area contributed by atoms with E-state index in [-0.39, 0.29) is 6.03 Å². The Kier molecular flexibility index (Phi) is 6.74. The fourth-order valence-electron chi connectivity index (χ4n) is 3.90. The smallest absolute Gasteiger partial charge is 0.322 e. The average molecular weight is 449 g/mol. The molecule has 1 unspecified atom stereocenters. The van der Waals surface area contributed by atoms with E-state index >= 15 is 0 Å². The first-order valence-electron chi connectivity index (χ1n) is 10.9. The second-order valence-electron chi connectivity index (χ2n) is 7.77. The van der Waals surface area contributed by atoms with E-state index in [0.29, 0.717) is 24.9 Å². The molecule has 8 nitrogen and oxygen atoms in total. The number of carbonyl (C=O) groups excluding carboxylic acids is 1. The summed E-state index contributed by atoms with van der Waals surface area (Å²) in [6.07, 6.45) is 0.943. The Morgan fingerprint density at radius 2 is 1.82 bits per heavy atom. The van der Waals surface area contributed by atoms with Crippen LogP contribution in [0.2, 0.25) is 0 Å². The lowest BCUT2D eigenvalue weighted by Gasteiger charge is -2.35. The normalized spacial score (nSPS) is 16.2. The van der Waals surface area contributed by atoms with Gasteiger partial charge in [-0.3, -0.25) is 4.90 Å². The predicted molar refractivity (Wildman–Crippen MR) is 125 cm³/mol. The number of urea groups is 1. The fraction of sp³-hybridized carbons (Fsp3) is 0.320. The molecule has 0 radical (unpaired) electrons. The van der Waals surface area contributed by atoms with Crippen molar-refractivity contribution in [2.24, 2.45) is 0 Å². The zero-order valence-corrected chi connectivity index (χ0v) is 19.3. The lowest BCUT2D eigenvalue weighted by molar-refractivity contribution is 0.158. The molecule has 2 amide bonds. The number of nitrogens with zero attached hydrogens (tertiary/aromatic N) is 3. The molecule has 0 saturated carbocycles. The van der Waals surface area contributed by atoms with Gasteiger partial charge in [-0.25, -0.2) is 4.79 Å². The molecule has 33 heavy (non-hydrogen) atoms. The molecule has 3 aromatic rings. The van der Waals surface area contributed by atoms with Crippen LogP contribution in [-0.2, 0) is 11.2 Å². The Hall–Kier alpha value is -3.65. The monoisotopic (exact) mass is 448 g/mol. The minimum absolute atomic E-state index is 0.187. The standard InChI is InChI=1S/C25H28N4O4/c1-5-17-6-8-18(9-7-17)22-21(16(2)29(14-15-31-3)25(30)26-22)24-27-23(28-33-24)19-10-12-20(32-4)13-11-19/h6-13,22H,5,14-15H2,1-4H3,(H,26,30). The van der Waals surface area contributed by atoms with Gasteiger partial charge in [0.15, 0.2) is 0 Å². The number of amides is 2. The maximum atomic E-state index is 12.9. The number of rotatable bonds is 8. The van der Waals surface area contributed by atoms with E-state index in [9.17, 15) is 4.79 Å². The highest BCUT2D eigenvalue weighted by atomic mass is 16.5. The van der Waals surface area contributed by atoms with E-state index < -0.39 is 6.04 Å². The van der Waals surface area contributed by atoms with Gasteiger partial charge >= 0.3 is 6.03 Å². The maximum absolute atomic E-state index is 12.9. The Morgan fingerprint density at radius 3 is 2.45 bits per heavy atom. The summed E-state index contributed by atoms with van der Waals surface area (Å²) in [5.74, 6) is 1.58. The van der Waals surface area contributed by atoms with Crippen LogP contribution in [0.25, 0.3) is 17.0 Å². The van der Waals surface area contributed by atoms with Crippen LogP contribution in [0.4, 0.5) is 4.79 Å². The Morgan fingerprint density at radius 1 is 1.09 bits per heavy atom. The van der Waals surface area contributed by atoms with Crippen molar-refractivity contribution in [1.29, 1.82) is 0 Å². The number of aryl methyl sites for hydroxylation is 1. The van der Waals surface area contributed by atoms with Crippen LogP contribution in [0.5, 0.6) is 5.75 Å². The predicted octanol–water partition coefficient (Wildman–Crippen LogP) is 4.45. The van der Waals surface area contributed by atoms with Crippen LogP contribution >= 0.6 is 0 Å². The summed E-state index contributed by atoms with van der Waals surface area (Å²) < 4.78 is 16.1. The third-order valence-corrected chi connectivity index (χ3v) is 5.84. The first-order chi connectivity index (χ1) is 16.0. The molecule has 0 aliphatic carbocycles. The molecule has 4 rings (SSSR count). The van der Waals surface area contributed by atoms with E-state index in [4.69, 9.17) is 14.0 Å². The molecular weight excluding hydrogens is 420 g/mol. The number of hydrogen-bond donors (Lipinski definition) is 1. The summed E-state index contributed by atoms with van der Waals surface area (Å²) in [4.78, 5) is 19.2. The molecule has 1 aliphatic rings. The topological polar surface area (TPSA) is 89.7 Å². The highest BCUT2D eigenvalue weighted by Crippen LogP contribution is 2.37. The number of nitrogens with one attached hydrogen (secondary N) is 1. The van der Waals surface area contributed by atoms with Gasteiger partial charge in [0.05, 0.1) is 31.9 Å². The minimum Gasteiger partial charge on any atom is -0.497 e. The largest absolute Gasteiger partial charge is 0.497 e. The maximum Gasteiger partial charge on any atom is 0.322 e. The first kappa shape index (κ1) is 22.5. The molecular formula is C25H28N4O4. The first-order valence-corrected chi connectivity index (χ1v) is 10.9. The van der Waals surface area contributed by atoms with Gasteiger partial charge in [0.1, 0.15) is 5.75 Å². The number of allylic oxidation sites excluding steroid dienone is 1. The number of methoxy groups -OCH3 is 2. The van der Waals surface area contributed by atoms with Gasteiger partial charge in [0.25, 0.3) is 5.89 Å². The van der Waals surface area contributed by atoms with Gasteiger partial charge in [0.2, 0.25) is 5.82 Å². The second-order valence-corrected chi connectivity index (χ2v) is 7.77. The summed E-state index contributed by atoms with van der Waals surface area (Å²) in [6.45, 7) is 4.83. The highest BCUT2D eigenvalue weighted by Gasteiger charge is 2.35. The van der Waals surface area contributed by atoms with Gasteiger partial charge in [-0.05, 0) is 48.7 Å². The molecule has 0 bridgehead atoms. The van der Waals surface area contributed by atoms with Crippen molar-refractivity contribution in [3.63, 3.8) is 0 Å². The molecule has 172 valence electrons. The molecule has 1 atom stereocenters. The van der Waals surface area contributed by atoms with Gasteiger partial charge in [-0.1, -0.05) is 36.3 Å². The Labute approximate surface area is 193 Å². The number of aromatic nitrogens is 2. The molecule has 0 saturated heterocycles. The molecule has 2 aromatic carbocycles. The average Bonchev–Trinajstić information content (AvgIpc) is 3.33. The Balaban J connectivity index is 1.76. The molecule has 0 spiro atoms. The van der Waals surface area contributed by atoms with Crippen molar-refractivity contribution in [1.82, 2.24) is 20.4 Å². The van der Waals surface area contributed by atoms with Gasteiger partial charge < -0.3 is 19.3 Å². The molecule has 1 aliphatic heterocycles. The van der Waals surface area contributed by atoms with Crippen molar-refractivity contribution in [2.45, 2.75) is 26.3 Å². The number of benzene rings is 2. The number of ether oxygens (including phenoxy) is 2. The molecule has 0 fully saturated rings. The van der Waals surface area contributed by atoms with Crippen molar-refractivity contribution in [3.8, 4) is 17.1 Å². The van der Waals surface area contributed by atoms with Crippen LogP contribution in [-0.4, -0.2) is 48.4 Å². The number of hydrogen-bond acceptors (Lipinski definition) is 6. The third-order valence-electron chi connectivity index (χ3n) is 5.84. The van der Waals surface area contributed by atoms with Crippen LogP contribution in [0, 0.1) is 0 Å². The van der Waals surface area contributed by atoms with Crippen LogP contribution in [0.15, 0.2) is 58.8 Å². The van der Waals surface area contributed by atoms with Crippen LogP contribution in [0.3, 0.4) is 0 Å². The number of carbonyl (C=O) groups is 1. The molecule has 2 heterocycles. The van der Waals surface area contributed by atoms with Gasteiger partial charge in [-0.2, -0.15) is 4.98 Å². The second kappa shape index (κ2) is 9.87. The van der Waals surface area contributed by atoms with Crippen molar-refractivity contribution in [2.75, 3.05) is 27.4 Å². The molecule has 1 aromatic heterocycles. The summed E-state index contributed by atoms with van der Waals surface area (Å²) in [5, 5.41) is 7.30. The lowest BCUT2D eigenvalue weighted by Crippen LogP contribution is -2.47. The Bertz CT molecular complexity index is 1140. The lowest BCUT2D eigenvalue weighted by atomic mass is 9.93. The SMILES string of the molecule is CCc1ccc(C2NC(=O)N(CCOC)C(C)=C2c2nc(-c3ccc(OC)cc3)no2)cc1. The van der Waals surface area contributed by atoms with Crippen molar-refractivity contribution >= 4 is 11.6 Å². The van der Waals surface area contributed by atoms with E-state index in [1.165, 1.54) is 5.56 Å². The van der Waals surface area contributed by atoms with Gasteiger partial charge in [-0.15, -0.1) is 0 Å². The summed E-state index contributed by atoms with van der Waals surface area (Å²) in [6, 6.07) is 15.1. The van der Waals surface area contributed by atoms with Crippen molar-refractivity contribution in [3.05, 3.63) is 71.2 Å².